The lowest BCUT2D eigenvalue weighted by Gasteiger charge is -1.93. The molecular weight excluding hydrogens is 180 g/mol. The van der Waals surface area contributed by atoms with Crippen LogP contribution < -0.4 is 11.5 Å². The zero-order valence-electron chi connectivity index (χ0n) is 7.42. The molecule has 0 aliphatic rings. The lowest BCUT2D eigenvalue weighted by Crippen LogP contribution is -2.15. The summed E-state index contributed by atoms with van der Waals surface area (Å²) in [6, 6.07) is 5.26. The molecule has 0 spiro atoms. The van der Waals surface area contributed by atoms with E-state index in [4.69, 9.17) is 11.5 Å². The van der Waals surface area contributed by atoms with Crippen LogP contribution in [0.5, 0.6) is 0 Å². The Kier molecular flexibility index (Phi) is 3.37. The van der Waals surface area contributed by atoms with Gasteiger partial charge in [-0.15, -0.1) is 0 Å². The molecule has 0 saturated heterocycles. The highest BCUT2D eigenvalue weighted by molar-refractivity contribution is 6.11. The number of amides is 1. The van der Waals surface area contributed by atoms with E-state index >= 15 is 0 Å². The highest BCUT2D eigenvalue weighted by Gasteiger charge is 1.99. The predicted molar refractivity (Wildman–Crippen MR) is 53.9 cm³/mol. The number of hydrogen-bond donors (Lipinski definition) is 2. The minimum Gasteiger partial charge on any atom is -0.404 e. The number of carbonyl (C=O) groups excluding carboxylic acids is 1. The molecule has 1 heterocycles. The second-order valence-electron chi connectivity index (χ2n) is 2.43. The standard InChI is InChI=1S/C9H10N4O/c10-5-7(9(11)14)6-13-8-3-1-2-4-12-8/h1-6H,10H2,(H2,11,14). The maximum Gasteiger partial charge on any atom is 0.251 e. The van der Waals surface area contributed by atoms with Crippen molar-refractivity contribution in [3.8, 4) is 0 Å². The summed E-state index contributed by atoms with van der Waals surface area (Å²) in [5, 5.41) is 0. The summed E-state index contributed by atoms with van der Waals surface area (Å²) in [4.78, 5) is 18.6. The van der Waals surface area contributed by atoms with Gasteiger partial charge >= 0.3 is 0 Å². The molecule has 0 aromatic carbocycles. The lowest BCUT2D eigenvalue weighted by atomic mass is 10.3. The molecule has 14 heavy (non-hydrogen) atoms. The molecule has 1 amide bonds. The van der Waals surface area contributed by atoms with Gasteiger partial charge in [-0.25, -0.2) is 9.98 Å². The van der Waals surface area contributed by atoms with Crippen LogP contribution in [0.25, 0.3) is 0 Å². The predicted octanol–water partition coefficient (Wildman–Crippen LogP) is 0.112. The normalized spacial score (nSPS) is 11.9. The quantitative estimate of drug-likeness (QED) is 0.523. The van der Waals surface area contributed by atoms with Crippen LogP contribution in [0.3, 0.4) is 0 Å². The highest BCUT2D eigenvalue weighted by Crippen LogP contribution is 2.04. The Labute approximate surface area is 81.2 Å². The summed E-state index contributed by atoms with van der Waals surface area (Å²) in [7, 11) is 0. The summed E-state index contributed by atoms with van der Waals surface area (Å²) in [5.41, 5.74) is 10.3. The van der Waals surface area contributed by atoms with Crippen molar-refractivity contribution in [2.45, 2.75) is 0 Å². The van der Waals surface area contributed by atoms with Crippen LogP contribution in [0.2, 0.25) is 0 Å². The molecular formula is C9H10N4O. The average molecular weight is 190 g/mol. The minimum atomic E-state index is -0.618. The average Bonchev–Trinajstić information content (AvgIpc) is 2.20. The third kappa shape index (κ3) is 2.71. The maximum absolute atomic E-state index is 10.7. The molecule has 4 N–H and O–H groups in total. The Morgan fingerprint density at radius 2 is 2.29 bits per heavy atom. The van der Waals surface area contributed by atoms with Gasteiger partial charge in [0.1, 0.15) is 0 Å². The number of rotatable bonds is 3. The van der Waals surface area contributed by atoms with Gasteiger partial charge in [-0.1, -0.05) is 6.07 Å². The van der Waals surface area contributed by atoms with Gasteiger partial charge in [0.05, 0.1) is 5.57 Å². The molecule has 0 radical (unpaired) electrons. The van der Waals surface area contributed by atoms with Gasteiger partial charge in [-0.05, 0) is 12.1 Å². The van der Waals surface area contributed by atoms with Crippen LogP contribution in [-0.2, 0) is 4.79 Å². The first-order valence-corrected chi connectivity index (χ1v) is 3.91. The molecule has 0 bridgehead atoms. The van der Waals surface area contributed by atoms with Gasteiger partial charge in [0.2, 0.25) is 0 Å². The van der Waals surface area contributed by atoms with Crippen LogP contribution >= 0.6 is 0 Å². The number of nitrogens with two attached hydrogens (primary N) is 2. The van der Waals surface area contributed by atoms with E-state index in [1.165, 1.54) is 6.21 Å². The Hall–Kier alpha value is -2.17. The van der Waals surface area contributed by atoms with Crippen molar-refractivity contribution in [3.05, 3.63) is 36.2 Å². The zero-order chi connectivity index (χ0) is 10.4. The van der Waals surface area contributed by atoms with Crippen molar-refractivity contribution in [1.82, 2.24) is 4.98 Å². The Bertz CT molecular complexity index is 370. The zero-order valence-corrected chi connectivity index (χ0v) is 7.42. The van der Waals surface area contributed by atoms with E-state index in [2.05, 4.69) is 9.98 Å². The van der Waals surface area contributed by atoms with Gasteiger partial charge in [-0.3, -0.25) is 4.79 Å². The van der Waals surface area contributed by atoms with E-state index in [0.717, 1.165) is 6.20 Å². The van der Waals surface area contributed by atoms with Crippen molar-refractivity contribution in [3.63, 3.8) is 0 Å². The summed E-state index contributed by atoms with van der Waals surface area (Å²) in [6.07, 6.45) is 3.99. The van der Waals surface area contributed by atoms with Gasteiger partial charge in [0.15, 0.2) is 5.82 Å². The number of carbonyl (C=O) groups is 1. The summed E-state index contributed by atoms with van der Waals surface area (Å²) in [6.45, 7) is 0. The third-order valence-corrected chi connectivity index (χ3v) is 1.45. The summed E-state index contributed by atoms with van der Waals surface area (Å²) < 4.78 is 0. The fourth-order valence-electron chi connectivity index (χ4n) is 0.755. The Balaban J connectivity index is 2.78. The topological polar surface area (TPSA) is 94.4 Å². The van der Waals surface area contributed by atoms with Crippen LogP contribution in [0.1, 0.15) is 0 Å². The van der Waals surface area contributed by atoms with Crippen molar-refractivity contribution < 1.29 is 4.79 Å². The largest absolute Gasteiger partial charge is 0.404 e. The maximum atomic E-state index is 10.7. The van der Waals surface area contributed by atoms with Crippen molar-refractivity contribution >= 4 is 17.9 Å². The van der Waals surface area contributed by atoms with Crippen LogP contribution in [-0.4, -0.2) is 17.1 Å². The van der Waals surface area contributed by atoms with Gasteiger partial charge in [-0.2, -0.15) is 0 Å². The second kappa shape index (κ2) is 4.76. The molecule has 5 nitrogen and oxygen atoms in total. The molecule has 1 rings (SSSR count). The Morgan fingerprint density at radius 3 is 2.79 bits per heavy atom. The minimum absolute atomic E-state index is 0.149. The first-order valence-electron chi connectivity index (χ1n) is 3.91. The third-order valence-electron chi connectivity index (χ3n) is 1.45. The Morgan fingerprint density at radius 1 is 1.50 bits per heavy atom. The second-order valence-corrected chi connectivity index (χ2v) is 2.43. The van der Waals surface area contributed by atoms with E-state index in [1.54, 1.807) is 24.4 Å². The van der Waals surface area contributed by atoms with Crippen LogP contribution in [0.15, 0.2) is 41.2 Å². The monoisotopic (exact) mass is 190 g/mol. The number of pyridine rings is 1. The number of aliphatic imine (C=N–C) groups is 1. The van der Waals surface area contributed by atoms with E-state index < -0.39 is 5.91 Å². The molecule has 1 aromatic heterocycles. The van der Waals surface area contributed by atoms with Crippen LogP contribution in [0, 0.1) is 0 Å². The lowest BCUT2D eigenvalue weighted by molar-refractivity contribution is -0.114. The number of primary amides is 1. The highest BCUT2D eigenvalue weighted by atomic mass is 16.1. The van der Waals surface area contributed by atoms with Crippen molar-refractivity contribution in [2.24, 2.45) is 16.5 Å². The fourth-order valence-corrected chi connectivity index (χ4v) is 0.755. The SMILES string of the molecule is NC=C(C=Nc1ccccn1)C(N)=O. The summed E-state index contributed by atoms with van der Waals surface area (Å²) >= 11 is 0. The molecule has 72 valence electrons. The van der Waals surface area contributed by atoms with Crippen molar-refractivity contribution in [1.29, 1.82) is 0 Å². The van der Waals surface area contributed by atoms with Gasteiger partial charge in [0.25, 0.3) is 5.91 Å². The number of nitrogens with zero attached hydrogens (tertiary/aromatic N) is 2. The molecule has 0 aliphatic carbocycles. The smallest absolute Gasteiger partial charge is 0.251 e. The fraction of sp³-hybridized carbons (Fsp3) is 0. The molecule has 0 fully saturated rings. The molecule has 5 heteroatoms. The molecule has 0 atom stereocenters. The number of hydrogen-bond acceptors (Lipinski definition) is 4. The summed E-state index contributed by atoms with van der Waals surface area (Å²) in [5.74, 6) is -0.125. The molecule has 0 unspecified atom stereocenters. The van der Waals surface area contributed by atoms with E-state index in [0.29, 0.717) is 5.82 Å². The molecule has 0 aliphatic heterocycles. The molecule has 1 aromatic rings. The first kappa shape index (κ1) is 9.91. The van der Waals surface area contributed by atoms with Gasteiger partial charge in [0, 0.05) is 18.6 Å². The van der Waals surface area contributed by atoms with Crippen molar-refractivity contribution in [2.75, 3.05) is 0 Å². The number of aromatic nitrogens is 1. The van der Waals surface area contributed by atoms with E-state index in [1.807, 2.05) is 0 Å². The van der Waals surface area contributed by atoms with Gasteiger partial charge < -0.3 is 11.5 Å². The van der Waals surface area contributed by atoms with Crippen LogP contribution in [0.4, 0.5) is 5.82 Å². The van der Waals surface area contributed by atoms with E-state index in [-0.39, 0.29) is 5.57 Å². The first-order chi connectivity index (χ1) is 6.74. The molecule has 0 saturated carbocycles. The van der Waals surface area contributed by atoms with E-state index in [9.17, 15) is 4.79 Å².